The molecule has 2 aromatic rings. The van der Waals surface area contributed by atoms with Gasteiger partial charge in [-0.1, -0.05) is 61.0 Å². The lowest BCUT2D eigenvalue weighted by Crippen LogP contribution is -3.11. The van der Waals surface area contributed by atoms with Crippen molar-refractivity contribution in [1.29, 1.82) is 0 Å². The zero-order valence-corrected chi connectivity index (χ0v) is 16.5. The molecule has 4 nitrogen and oxygen atoms in total. The molecule has 0 spiro atoms. The molecule has 0 unspecified atom stereocenters. The van der Waals surface area contributed by atoms with Gasteiger partial charge >= 0.3 is 0 Å². The summed E-state index contributed by atoms with van der Waals surface area (Å²) in [5.41, 5.74) is 6.06. The lowest BCUT2D eigenvalue weighted by atomic mass is 9.96. The Balaban J connectivity index is 1.49. The number of likely N-dealkylation sites (tertiary alicyclic amines) is 1. The van der Waals surface area contributed by atoms with Crippen LogP contribution in [0.1, 0.15) is 37.3 Å². The van der Waals surface area contributed by atoms with Crippen molar-refractivity contribution in [3.63, 3.8) is 0 Å². The van der Waals surface area contributed by atoms with Gasteiger partial charge in [-0.2, -0.15) is 5.10 Å². The van der Waals surface area contributed by atoms with Crippen LogP contribution in [0.2, 0.25) is 5.02 Å². The van der Waals surface area contributed by atoms with Crippen molar-refractivity contribution < 1.29 is 9.69 Å². The maximum Gasteiger partial charge on any atom is 0.243 e. The van der Waals surface area contributed by atoms with Crippen LogP contribution in [0.25, 0.3) is 0 Å². The lowest BCUT2D eigenvalue weighted by molar-refractivity contribution is -0.919. The molecular weight excluding hydrogens is 358 g/mol. The van der Waals surface area contributed by atoms with E-state index in [0.29, 0.717) is 0 Å². The fraction of sp³-hybridized carbons (Fsp3) is 0.364. The second-order valence-corrected chi connectivity index (χ2v) is 7.52. The predicted octanol–water partition coefficient (Wildman–Crippen LogP) is 3.07. The van der Waals surface area contributed by atoms with Crippen LogP contribution in [0, 0.1) is 5.92 Å². The molecule has 1 saturated heterocycles. The number of nitrogens with one attached hydrogen (secondary N) is 2. The number of piperidine rings is 1. The van der Waals surface area contributed by atoms with Crippen LogP contribution < -0.4 is 10.3 Å². The van der Waals surface area contributed by atoms with Crippen molar-refractivity contribution in [2.24, 2.45) is 11.0 Å². The second kappa shape index (κ2) is 9.67. The normalized spacial score (nSPS) is 20.3. The van der Waals surface area contributed by atoms with E-state index in [4.69, 9.17) is 11.6 Å². The van der Waals surface area contributed by atoms with Gasteiger partial charge < -0.3 is 4.90 Å². The van der Waals surface area contributed by atoms with Crippen LogP contribution in [0.15, 0.2) is 59.7 Å². The monoisotopic (exact) mass is 384 g/mol. The first-order valence-electron chi connectivity index (χ1n) is 9.65. The number of halogens is 1. The summed E-state index contributed by atoms with van der Waals surface area (Å²) in [5.74, 6) is 0.0963. The fourth-order valence-corrected chi connectivity index (χ4v) is 3.67. The van der Waals surface area contributed by atoms with Crippen molar-refractivity contribution in [1.82, 2.24) is 5.43 Å². The van der Waals surface area contributed by atoms with E-state index in [-0.39, 0.29) is 11.8 Å². The smallest absolute Gasteiger partial charge is 0.243 e. The highest BCUT2D eigenvalue weighted by Gasteiger charge is 2.27. The van der Waals surface area contributed by atoms with Crippen molar-refractivity contribution >= 4 is 23.2 Å². The van der Waals surface area contributed by atoms with Crippen molar-refractivity contribution in [2.75, 3.05) is 13.1 Å². The van der Waals surface area contributed by atoms with Crippen molar-refractivity contribution in [3.8, 4) is 0 Å². The van der Waals surface area contributed by atoms with E-state index in [9.17, 15) is 4.79 Å². The SMILES string of the molecule is CC/C(=N/NC(=O)C1CC[NH+](Cc2ccc(Cl)cc2)CC1)c1ccccc1. The van der Waals surface area contributed by atoms with E-state index in [1.165, 1.54) is 10.5 Å². The molecule has 3 rings (SSSR count). The van der Waals surface area contributed by atoms with E-state index < -0.39 is 0 Å². The van der Waals surface area contributed by atoms with Crippen LogP contribution >= 0.6 is 11.6 Å². The number of hydrogen-bond donors (Lipinski definition) is 2. The average molecular weight is 385 g/mol. The Kier molecular flexibility index (Phi) is 7.02. The summed E-state index contributed by atoms with van der Waals surface area (Å²) in [6.45, 7) is 5.04. The van der Waals surface area contributed by atoms with Gasteiger partial charge in [-0.15, -0.1) is 0 Å². The molecule has 27 heavy (non-hydrogen) atoms. The molecule has 142 valence electrons. The van der Waals surface area contributed by atoms with Gasteiger partial charge in [0.1, 0.15) is 6.54 Å². The van der Waals surface area contributed by atoms with Crippen LogP contribution in [0.5, 0.6) is 0 Å². The maximum atomic E-state index is 12.5. The van der Waals surface area contributed by atoms with Crippen LogP contribution in [-0.2, 0) is 11.3 Å². The molecule has 0 aliphatic carbocycles. The maximum absolute atomic E-state index is 12.5. The van der Waals surface area contributed by atoms with Gasteiger partial charge in [0.05, 0.1) is 24.7 Å². The quantitative estimate of drug-likeness (QED) is 0.583. The van der Waals surface area contributed by atoms with E-state index in [1.54, 1.807) is 0 Å². The highest BCUT2D eigenvalue weighted by molar-refractivity contribution is 6.30. The van der Waals surface area contributed by atoms with Gasteiger partial charge in [-0.25, -0.2) is 5.43 Å². The number of hydrogen-bond acceptors (Lipinski definition) is 2. The summed E-state index contributed by atoms with van der Waals surface area (Å²) in [6, 6.07) is 18.0. The van der Waals surface area contributed by atoms with Crippen LogP contribution in [0.3, 0.4) is 0 Å². The van der Waals surface area contributed by atoms with Gasteiger partial charge in [-0.3, -0.25) is 4.79 Å². The van der Waals surface area contributed by atoms with Gasteiger partial charge in [-0.05, 0) is 24.1 Å². The summed E-state index contributed by atoms with van der Waals surface area (Å²) >= 11 is 5.95. The number of quaternary nitrogens is 1. The highest BCUT2D eigenvalue weighted by atomic mass is 35.5. The minimum Gasteiger partial charge on any atom is -0.331 e. The highest BCUT2D eigenvalue weighted by Crippen LogP contribution is 2.12. The predicted molar refractivity (Wildman–Crippen MR) is 110 cm³/mol. The Labute approximate surface area is 166 Å². The first-order valence-corrected chi connectivity index (χ1v) is 10.0. The number of carbonyl (C=O) groups is 1. The van der Waals surface area contributed by atoms with Crippen molar-refractivity contribution in [2.45, 2.75) is 32.7 Å². The second-order valence-electron chi connectivity index (χ2n) is 7.08. The Bertz CT molecular complexity index is 766. The summed E-state index contributed by atoms with van der Waals surface area (Å²) in [5, 5.41) is 5.15. The molecule has 1 heterocycles. The number of rotatable bonds is 6. The molecule has 0 atom stereocenters. The molecule has 0 radical (unpaired) electrons. The van der Waals surface area contributed by atoms with Gasteiger partial charge in [0.15, 0.2) is 0 Å². The third kappa shape index (κ3) is 5.65. The molecule has 2 aromatic carbocycles. The summed E-state index contributed by atoms with van der Waals surface area (Å²) < 4.78 is 0. The van der Waals surface area contributed by atoms with Crippen molar-refractivity contribution in [3.05, 3.63) is 70.7 Å². The largest absolute Gasteiger partial charge is 0.331 e. The minimum atomic E-state index is 0.0439. The summed E-state index contributed by atoms with van der Waals surface area (Å²) in [7, 11) is 0. The Hall–Kier alpha value is -2.17. The zero-order chi connectivity index (χ0) is 19.1. The molecule has 1 amide bonds. The summed E-state index contributed by atoms with van der Waals surface area (Å²) in [4.78, 5) is 14.0. The average Bonchev–Trinajstić information content (AvgIpc) is 2.71. The summed E-state index contributed by atoms with van der Waals surface area (Å²) in [6.07, 6.45) is 2.59. The standard InChI is InChI=1S/C22H26ClN3O/c1-2-21(18-6-4-3-5-7-18)24-25-22(27)19-12-14-26(15-13-19)16-17-8-10-20(23)11-9-17/h3-11,19H,2,12-16H2,1H3,(H,25,27)/p+1/b24-21-. The van der Waals surface area contributed by atoms with E-state index in [0.717, 1.165) is 55.2 Å². The van der Waals surface area contributed by atoms with Crippen LogP contribution in [-0.4, -0.2) is 24.7 Å². The Morgan fingerprint density at radius 2 is 1.78 bits per heavy atom. The first-order chi connectivity index (χ1) is 13.2. The third-order valence-electron chi connectivity index (χ3n) is 5.17. The number of nitrogens with zero attached hydrogens (tertiary/aromatic N) is 1. The Morgan fingerprint density at radius 1 is 1.11 bits per heavy atom. The van der Waals surface area contributed by atoms with E-state index in [1.807, 2.05) is 42.5 Å². The number of hydrazone groups is 1. The number of benzene rings is 2. The van der Waals surface area contributed by atoms with E-state index >= 15 is 0 Å². The van der Waals surface area contributed by atoms with Crippen LogP contribution in [0.4, 0.5) is 0 Å². The molecule has 0 bridgehead atoms. The van der Waals surface area contributed by atoms with E-state index in [2.05, 4.69) is 29.6 Å². The molecule has 0 aromatic heterocycles. The number of carbonyl (C=O) groups excluding carboxylic acids is 1. The topological polar surface area (TPSA) is 45.9 Å². The third-order valence-corrected chi connectivity index (χ3v) is 5.43. The molecule has 1 aliphatic heterocycles. The van der Waals surface area contributed by atoms with Gasteiger partial charge in [0, 0.05) is 23.4 Å². The zero-order valence-electron chi connectivity index (χ0n) is 15.7. The molecule has 0 saturated carbocycles. The molecular formula is C22H27ClN3O+. The molecule has 1 fully saturated rings. The fourth-order valence-electron chi connectivity index (χ4n) is 3.55. The first kappa shape index (κ1) is 19.6. The van der Waals surface area contributed by atoms with Gasteiger partial charge in [0.25, 0.3) is 0 Å². The Morgan fingerprint density at radius 3 is 2.41 bits per heavy atom. The lowest BCUT2D eigenvalue weighted by Gasteiger charge is -2.28. The minimum absolute atomic E-state index is 0.0439. The molecule has 5 heteroatoms. The molecule has 1 aliphatic rings. The number of amides is 1. The molecule has 2 N–H and O–H groups in total. The van der Waals surface area contributed by atoms with Gasteiger partial charge in [0.2, 0.25) is 5.91 Å².